The Kier molecular flexibility index (Phi) is 5.22. The highest BCUT2D eigenvalue weighted by molar-refractivity contribution is 6.15. The van der Waals surface area contributed by atoms with Crippen LogP contribution < -0.4 is 16.4 Å². The Morgan fingerprint density at radius 1 is 1.24 bits per heavy atom. The molecule has 0 bridgehead atoms. The molecular weight excluding hydrogens is 483 g/mol. The van der Waals surface area contributed by atoms with Crippen molar-refractivity contribution in [1.29, 1.82) is 0 Å². The second-order valence-corrected chi connectivity index (χ2v) is 11.0. The minimum Gasteiger partial charge on any atom is -0.511 e. The van der Waals surface area contributed by atoms with Gasteiger partial charge in [0.2, 0.25) is 5.91 Å². The van der Waals surface area contributed by atoms with Crippen LogP contribution >= 0.6 is 0 Å². The Balaban J connectivity index is 1.72. The van der Waals surface area contributed by atoms with Crippen LogP contribution in [0.2, 0.25) is 0 Å². The maximum absolute atomic E-state index is 15.2. The number of allylic oxidation sites excluding steroid dienone is 2. The molecule has 10 nitrogen and oxygen atoms in total. The number of carbonyl (C=O) groups excluding carboxylic acids is 3. The SMILES string of the molecule is CNC(=O)Nc1cc(F)c2c(c1O)C(=O)C1=C(O)[C@]34C(C)[C@]3(C)C(C(N)=O)=C(O)[C@@H](N(C)C)[C@@H]4C[C@@H]1C2. The third-order valence-corrected chi connectivity index (χ3v) is 9.49. The van der Waals surface area contributed by atoms with Crippen LogP contribution in [-0.2, 0) is 11.2 Å². The van der Waals surface area contributed by atoms with Crippen LogP contribution in [0.1, 0.15) is 36.2 Å². The summed E-state index contributed by atoms with van der Waals surface area (Å²) in [5.74, 6) is -4.52. The van der Waals surface area contributed by atoms with Gasteiger partial charge in [-0.05, 0) is 44.7 Å². The molecule has 1 saturated carbocycles. The van der Waals surface area contributed by atoms with Gasteiger partial charge in [0.25, 0.3) is 0 Å². The number of ketones is 1. The zero-order chi connectivity index (χ0) is 27.4. The van der Waals surface area contributed by atoms with Gasteiger partial charge in [0, 0.05) is 35.1 Å². The van der Waals surface area contributed by atoms with Crippen molar-refractivity contribution in [2.45, 2.75) is 32.7 Å². The van der Waals surface area contributed by atoms with Crippen molar-refractivity contribution in [2.24, 2.45) is 34.3 Å². The van der Waals surface area contributed by atoms with Crippen molar-refractivity contribution in [3.63, 3.8) is 0 Å². The molecule has 0 saturated heterocycles. The normalized spacial score (nSPS) is 33.9. The molecule has 7 N–H and O–H groups in total. The molecule has 1 aromatic rings. The average molecular weight is 515 g/mol. The first-order valence-corrected chi connectivity index (χ1v) is 12.2. The summed E-state index contributed by atoms with van der Waals surface area (Å²) in [6.07, 6.45) is 0.368. The van der Waals surface area contributed by atoms with Crippen molar-refractivity contribution >= 4 is 23.4 Å². The van der Waals surface area contributed by atoms with Crippen LogP contribution in [0.15, 0.2) is 28.7 Å². The third kappa shape index (κ3) is 2.80. The summed E-state index contributed by atoms with van der Waals surface area (Å²) in [5.41, 5.74) is 3.18. The molecule has 11 heteroatoms. The minimum atomic E-state index is -1.05. The molecule has 1 aromatic carbocycles. The predicted molar refractivity (Wildman–Crippen MR) is 131 cm³/mol. The number of nitrogens with one attached hydrogen (secondary N) is 2. The van der Waals surface area contributed by atoms with Crippen molar-refractivity contribution in [1.82, 2.24) is 10.2 Å². The zero-order valence-corrected chi connectivity index (χ0v) is 21.3. The second-order valence-electron chi connectivity index (χ2n) is 11.0. The minimum absolute atomic E-state index is 0.00358. The van der Waals surface area contributed by atoms with Gasteiger partial charge in [0.15, 0.2) is 11.5 Å². The molecule has 0 aromatic heterocycles. The number of aliphatic hydroxyl groups excluding tert-OH is 2. The number of phenolic OH excluding ortho intramolecular Hbond substituents is 1. The number of amides is 3. The Hall–Kier alpha value is -3.60. The lowest BCUT2D eigenvalue weighted by Crippen LogP contribution is -2.52. The maximum atomic E-state index is 15.2. The summed E-state index contributed by atoms with van der Waals surface area (Å²) in [4.78, 5) is 39.9. The van der Waals surface area contributed by atoms with Gasteiger partial charge in [-0.15, -0.1) is 0 Å². The van der Waals surface area contributed by atoms with Crippen LogP contribution in [0.4, 0.5) is 14.9 Å². The van der Waals surface area contributed by atoms with E-state index in [4.69, 9.17) is 5.73 Å². The number of hydrogen-bond acceptors (Lipinski definition) is 7. The number of aliphatic hydroxyl groups is 2. The number of primary amides is 1. The van der Waals surface area contributed by atoms with Crippen LogP contribution in [0.3, 0.4) is 0 Å². The number of likely N-dealkylation sites (N-methyl/N-ethyl adjacent to an activating group) is 1. The fourth-order valence-electron chi connectivity index (χ4n) is 7.89. The summed E-state index contributed by atoms with van der Waals surface area (Å²) in [7, 11) is 4.85. The lowest BCUT2D eigenvalue weighted by Gasteiger charge is -2.49. The first-order valence-electron chi connectivity index (χ1n) is 12.2. The molecule has 0 heterocycles. The first kappa shape index (κ1) is 25.1. The third-order valence-electron chi connectivity index (χ3n) is 9.49. The molecule has 5 rings (SSSR count). The van der Waals surface area contributed by atoms with E-state index in [1.54, 1.807) is 25.9 Å². The quantitative estimate of drug-likeness (QED) is 0.337. The van der Waals surface area contributed by atoms with Gasteiger partial charge in [0.1, 0.15) is 17.3 Å². The number of rotatable bonds is 3. The number of aromatic hydroxyl groups is 1. The highest BCUT2D eigenvalue weighted by Crippen LogP contribution is 2.83. The summed E-state index contributed by atoms with van der Waals surface area (Å²) in [5, 5.41) is 38.6. The molecule has 3 amide bonds. The maximum Gasteiger partial charge on any atom is 0.319 e. The van der Waals surface area contributed by atoms with Crippen molar-refractivity contribution in [3.05, 3.63) is 45.7 Å². The molecule has 6 atom stereocenters. The van der Waals surface area contributed by atoms with Crippen molar-refractivity contribution in [2.75, 3.05) is 26.5 Å². The van der Waals surface area contributed by atoms with E-state index in [0.717, 1.165) is 6.07 Å². The Morgan fingerprint density at radius 2 is 1.89 bits per heavy atom. The molecule has 198 valence electrons. The van der Waals surface area contributed by atoms with Gasteiger partial charge in [-0.3, -0.25) is 14.5 Å². The molecule has 0 aliphatic heterocycles. The monoisotopic (exact) mass is 514 g/mol. The van der Waals surface area contributed by atoms with Gasteiger partial charge < -0.3 is 31.7 Å². The molecule has 4 aliphatic rings. The van der Waals surface area contributed by atoms with E-state index in [1.165, 1.54) is 7.05 Å². The van der Waals surface area contributed by atoms with Gasteiger partial charge in [0.05, 0.1) is 22.9 Å². The summed E-state index contributed by atoms with van der Waals surface area (Å²) in [6, 6.07) is -0.396. The van der Waals surface area contributed by atoms with Crippen LogP contribution in [0, 0.1) is 34.4 Å². The average Bonchev–Trinajstić information content (AvgIpc) is 3.30. The van der Waals surface area contributed by atoms with Gasteiger partial charge >= 0.3 is 6.03 Å². The number of fused-ring (bicyclic) bond motifs is 2. The van der Waals surface area contributed by atoms with Crippen molar-refractivity contribution in [3.8, 4) is 5.75 Å². The topological polar surface area (TPSA) is 165 Å². The van der Waals surface area contributed by atoms with E-state index in [2.05, 4.69) is 10.6 Å². The lowest BCUT2D eigenvalue weighted by atomic mass is 9.58. The molecule has 1 spiro atoms. The molecule has 0 radical (unpaired) electrons. The molecule has 4 aliphatic carbocycles. The number of nitrogens with zero attached hydrogens (tertiary/aromatic N) is 1. The van der Waals surface area contributed by atoms with Gasteiger partial charge in [-0.1, -0.05) is 13.8 Å². The van der Waals surface area contributed by atoms with E-state index >= 15 is 4.39 Å². The number of benzene rings is 1. The smallest absolute Gasteiger partial charge is 0.319 e. The fraction of sp³-hybridized carbons (Fsp3) is 0.500. The number of carbonyl (C=O) groups is 3. The van der Waals surface area contributed by atoms with Gasteiger partial charge in [-0.2, -0.15) is 0 Å². The van der Waals surface area contributed by atoms with Crippen LogP contribution in [-0.4, -0.2) is 65.1 Å². The van der Waals surface area contributed by atoms with E-state index in [9.17, 15) is 29.7 Å². The summed E-state index contributed by atoms with van der Waals surface area (Å²) in [6.45, 7) is 3.61. The molecule has 1 unspecified atom stereocenters. The number of nitrogens with two attached hydrogens (primary N) is 1. The Bertz CT molecular complexity index is 1350. The molecule has 1 fully saturated rings. The van der Waals surface area contributed by atoms with E-state index < -0.39 is 52.1 Å². The van der Waals surface area contributed by atoms with Gasteiger partial charge in [-0.25, -0.2) is 9.18 Å². The molecular formula is C26H31FN4O6. The number of Topliss-reactive ketones (excluding diaryl/α,β-unsaturated/α-hetero) is 1. The van der Waals surface area contributed by atoms with E-state index in [0.29, 0.717) is 6.42 Å². The zero-order valence-electron chi connectivity index (χ0n) is 21.3. The number of halogens is 1. The standard InChI is InChI=1S/C26H31FN4O6/c1-9-25(2)17(23(28)36)21(34)18(31(4)5)12-7-10-6-11-13(27)8-14(30-24(37)29-3)19(32)16(11)20(33)15(10)22(35)26(9,12)25/h8-10,12,18,32,34-35H,6-7H2,1-5H3,(H2,28,36)(H2,29,30,37)/t9?,10-,12-,18-,25+,26+/m0/s1. The lowest BCUT2D eigenvalue weighted by molar-refractivity contribution is -0.116. The number of hydrogen-bond donors (Lipinski definition) is 6. The fourth-order valence-corrected chi connectivity index (χ4v) is 7.89. The number of urea groups is 1. The second kappa shape index (κ2) is 7.70. The number of phenols is 1. The van der Waals surface area contributed by atoms with E-state index in [-0.39, 0.29) is 57.7 Å². The number of anilines is 1. The summed E-state index contributed by atoms with van der Waals surface area (Å²) >= 11 is 0. The van der Waals surface area contributed by atoms with E-state index in [1.807, 2.05) is 6.92 Å². The highest BCUT2D eigenvalue weighted by Gasteiger charge is 2.83. The highest BCUT2D eigenvalue weighted by atomic mass is 19.1. The predicted octanol–water partition coefficient (Wildman–Crippen LogP) is 2.35. The molecule has 37 heavy (non-hydrogen) atoms. The first-order chi connectivity index (χ1) is 17.3. The summed E-state index contributed by atoms with van der Waals surface area (Å²) < 4.78 is 15.2. The van der Waals surface area contributed by atoms with Crippen LogP contribution in [0.25, 0.3) is 0 Å². The Morgan fingerprint density at radius 3 is 2.46 bits per heavy atom. The van der Waals surface area contributed by atoms with Crippen molar-refractivity contribution < 1.29 is 34.1 Å². The van der Waals surface area contributed by atoms with Crippen LogP contribution in [0.5, 0.6) is 5.75 Å². The largest absolute Gasteiger partial charge is 0.511 e. The Labute approximate surface area is 213 Å².